The average Bonchev–Trinajstić information content (AvgIpc) is 3.27. The minimum atomic E-state index is -1.57. The molecule has 0 bridgehead atoms. The lowest BCUT2D eigenvalue weighted by Gasteiger charge is -2.40. The van der Waals surface area contributed by atoms with E-state index in [2.05, 4.69) is 31.3 Å². The molecule has 1 saturated heterocycles. The summed E-state index contributed by atoms with van der Waals surface area (Å²) < 4.78 is 11.2. The van der Waals surface area contributed by atoms with Crippen molar-refractivity contribution in [1.29, 1.82) is 0 Å². The van der Waals surface area contributed by atoms with Crippen molar-refractivity contribution in [2.45, 2.75) is 294 Å². The Morgan fingerprint density at radius 3 is 1.31 bits per heavy atom. The molecule has 1 rings (SSSR count). The SMILES string of the molecule is CCCCCCCCCCCCCC/C=C\CCCCCCCCCC(=O)NC(COC1OC(CO)C(O)C(O)C1O)C(O)/C=C/CCCCCCCCCCCCCCCC. The van der Waals surface area contributed by atoms with Gasteiger partial charge in [-0.1, -0.05) is 224 Å². The van der Waals surface area contributed by atoms with Gasteiger partial charge in [-0.05, 0) is 44.9 Å². The van der Waals surface area contributed by atoms with Crippen molar-refractivity contribution in [3.05, 3.63) is 24.3 Å². The van der Waals surface area contributed by atoms with Crippen molar-refractivity contribution in [2.75, 3.05) is 13.2 Å². The zero-order valence-electron chi connectivity index (χ0n) is 40.4. The highest BCUT2D eigenvalue weighted by molar-refractivity contribution is 5.76. The second-order valence-electron chi connectivity index (χ2n) is 18.7. The van der Waals surface area contributed by atoms with Gasteiger partial charge in [-0.15, -0.1) is 0 Å². The topological polar surface area (TPSA) is 149 Å². The Hall–Kier alpha value is -1.33. The van der Waals surface area contributed by atoms with Crippen molar-refractivity contribution in [3.63, 3.8) is 0 Å². The molecule has 0 aromatic rings. The molecule has 0 spiro atoms. The summed E-state index contributed by atoms with van der Waals surface area (Å²) in [7, 11) is 0. The highest BCUT2D eigenvalue weighted by Gasteiger charge is 2.44. The van der Waals surface area contributed by atoms with E-state index in [1.54, 1.807) is 6.08 Å². The van der Waals surface area contributed by atoms with E-state index in [1.165, 1.54) is 193 Å². The van der Waals surface area contributed by atoms with Crippen LogP contribution in [0.1, 0.15) is 251 Å². The Labute approximate surface area is 381 Å². The van der Waals surface area contributed by atoms with E-state index in [0.717, 1.165) is 38.5 Å². The van der Waals surface area contributed by atoms with Crippen molar-refractivity contribution in [2.24, 2.45) is 0 Å². The van der Waals surface area contributed by atoms with Gasteiger partial charge in [-0.25, -0.2) is 0 Å². The first-order valence-electron chi connectivity index (χ1n) is 26.6. The fourth-order valence-corrected chi connectivity index (χ4v) is 8.51. The quantitative estimate of drug-likeness (QED) is 0.0262. The second-order valence-corrected chi connectivity index (χ2v) is 18.7. The summed E-state index contributed by atoms with van der Waals surface area (Å²) in [6.45, 7) is 3.80. The Kier molecular flexibility index (Phi) is 41.2. The molecular weight excluding hydrogens is 779 g/mol. The summed E-state index contributed by atoms with van der Waals surface area (Å²) in [5, 5.41) is 54.4. The normalized spacial score (nSPS) is 20.4. The molecule has 9 nitrogen and oxygen atoms in total. The number of carbonyl (C=O) groups is 1. The zero-order valence-corrected chi connectivity index (χ0v) is 40.4. The Bertz CT molecular complexity index is 1020. The number of rotatable bonds is 45. The molecule has 1 aliphatic rings. The monoisotopic (exact) mass is 880 g/mol. The molecule has 0 saturated carbocycles. The predicted molar refractivity (Wildman–Crippen MR) is 258 cm³/mol. The average molecular weight is 880 g/mol. The van der Waals surface area contributed by atoms with Crippen LogP contribution < -0.4 is 5.32 Å². The Balaban J connectivity index is 2.26. The van der Waals surface area contributed by atoms with E-state index in [-0.39, 0.29) is 12.5 Å². The maximum atomic E-state index is 13.0. The molecule has 6 N–H and O–H groups in total. The van der Waals surface area contributed by atoms with Gasteiger partial charge in [0.2, 0.25) is 5.91 Å². The van der Waals surface area contributed by atoms with Crippen LogP contribution in [-0.2, 0) is 14.3 Å². The lowest BCUT2D eigenvalue weighted by molar-refractivity contribution is -0.302. The number of nitrogens with one attached hydrogen (secondary N) is 1. The minimum absolute atomic E-state index is 0.179. The largest absolute Gasteiger partial charge is 0.394 e. The molecule has 0 radical (unpaired) electrons. The van der Waals surface area contributed by atoms with Gasteiger partial charge in [0.25, 0.3) is 0 Å². The van der Waals surface area contributed by atoms with Crippen molar-refractivity contribution >= 4 is 5.91 Å². The number of carbonyl (C=O) groups excluding carboxylic acids is 1. The van der Waals surface area contributed by atoms with Gasteiger partial charge in [0.1, 0.15) is 24.4 Å². The summed E-state index contributed by atoms with van der Waals surface area (Å²) in [4.78, 5) is 13.0. The van der Waals surface area contributed by atoms with Crippen LogP contribution in [0.2, 0.25) is 0 Å². The Morgan fingerprint density at radius 2 is 0.903 bits per heavy atom. The van der Waals surface area contributed by atoms with E-state index < -0.39 is 49.5 Å². The van der Waals surface area contributed by atoms with Crippen molar-refractivity contribution in [1.82, 2.24) is 5.32 Å². The van der Waals surface area contributed by atoms with Crippen LogP contribution in [-0.4, -0.2) is 87.5 Å². The third-order valence-corrected chi connectivity index (χ3v) is 12.8. The van der Waals surface area contributed by atoms with Crippen molar-refractivity contribution < 1.29 is 39.8 Å². The van der Waals surface area contributed by atoms with Gasteiger partial charge >= 0.3 is 0 Å². The third kappa shape index (κ3) is 33.2. The molecule has 1 amide bonds. The first-order chi connectivity index (χ1) is 30.3. The predicted octanol–water partition coefficient (Wildman–Crippen LogP) is 12.2. The first-order valence-corrected chi connectivity index (χ1v) is 26.6. The van der Waals surface area contributed by atoms with Gasteiger partial charge < -0.3 is 40.3 Å². The molecule has 366 valence electrons. The molecule has 1 heterocycles. The van der Waals surface area contributed by atoms with Crippen LogP contribution in [0.15, 0.2) is 24.3 Å². The molecule has 62 heavy (non-hydrogen) atoms. The molecular formula is C53H101NO8. The van der Waals surface area contributed by atoms with Crippen LogP contribution in [0, 0.1) is 0 Å². The van der Waals surface area contributed by atoms with Crippen molar-refractivity contribution in [3.8, 4) is 0 Å². The van der Waals surface area contributed by atoms with Gasteiger partial charge in [0.05, 0.1) is 25.4 Å². The standard InChI is InChI=1S/C53H101NO8/c1-3-5-7-9-11-13-15-17-19-21-22-23-24-25-26-27-29-31-33-35-37-39-41-43-49(57)54-46(45-61-53-52(60)51(59)50(58)48(44-55)62-53)47(56)42-40-38-36-34-32-30-28-20-18-16-14-12-10-8-6-4-2/h25-26,40,42,46-48,50-53,55-56,58-60H,3-24,27-39,41,43-45H2,1-2H3,(H,54,57)/b26-25-,42-40+. The summed E-state index contributed by atoms with van der Waals surface area (Å²) in [6, 6.07) is -0.805. The summed E-state index contributed by atoms with van der Waals surface area (Å²) in [5.41, 5.74) is 0. The summed E-state index contributed by atoms with van der Waals surface area (Å²) in [6.07, 6.45) is 46.6. The minimum Gasteiger partial charge on any atom is -0.394 e. The second kappa shape index (κ2) is 43.6. The van der Waals surface area contributed by atoms with E-state index in [9.17, 15) is 30.3 Å². The smallest absolute Gasteiger partial charge is 0.220 e. The fourth-order valence-electron chi connectivity index (χ4n) is 8.51. The van der Waals surface area contributed by atoms with Crippen LogP contribution >= 0.6 is 0 Å². The van der Waals surface area contributed by atoms with E-state index in [1.807, 2.05) is 6.08 Å². The van der Waals surface area contributed by atoms with Crippen LogP contribution in [0.25, 0.3) is 0 Å². The van der Waals surface area contributed by atoms with Gasteiger partial charge in [-0.2, -0.15) is 0 Å². The van der Waals surface area contributed by atoms with E-state index in [0.29, 0.717) is 6.42 Å². The van der Waals surface area contributed by atoms with Crippen LogP contribution in [0.4, 0.5) is 0 Å². The molecule has 0 aliphatic carbocycles. The fraction of sp³-hybridized carbons (Fsp3) is 0.906. The number of aliphatic hydroxyl groups excluding tert-OH is 5. The molecule has 0 aromatic heterocycles. The summed E-state index contributed by atoms with van der Waals surface area (Å²) in [5.74, 6) is -0.179. The lowest BCUT2D eigenvalue weighted by Crippen LogP contribution is -2.60. The number of hydrogen-bond acceptors (Lipinski definition) is 8. The van der Waals surface area contributed by atoms with Gasteiger partial charge in [0, 0.05) is 6.42 Å². The molecule has 7 unspecified atom stereocenters. The first kappa shape index (κ1) is 58.7. The molecule has 9 heteroatoms. The number of unbranched alkanes of at least 4 members (excludes halogenated alkanes) is 33. The van der Waals surface area contributed by atoms with Crippen LogP contribution in [0.3, 0.4) is 0 Å². The molecule has 0 aromatic carbocycles. The lowest BCUT2D eigenvalue weighted by atomic mass is 9.99. The highest BCUT2D eigenvalue weighted by Crippen LogP contribution is 2.23. The molecule has 1 aliphatic heterocycles. The number of hydrogen-bond donors (Lipinski definition) is 6. The van der Waals surface area contributed by atoms with E-state index in [4.69, 9.17) is 9.47 Å². The number of amides is 1. The maximum absolute atomic E-state index is 13.0. The number of ether oxygens (including phenoxy) is 2. The Morgan fingerprint density at radius 1 is 0.532 bits per heavy atom. The van der Waals surface area contributed by atoms with Gasteiger partial charge in [-0.3, -0.25) is 4.79 Å². The third-order valence-electron chi connectivity index (χ3n) is 12.8. The summed E-state index contributed by atoms with van der Waals surface area (Å²) >= 11 is 0. The molecule has 7 atom stereocenters. The molecule has 1 fully saturated rings. The zero-order chi connectivity index (χ0) is 45.1. The maximum Gasteiger partial charge on any atom is 0.220 e. The highest BCUT2D eigenvalue weighted by atomic mass is 16.7. The number of allylic oxidation sites excluding steroid dienone is 3. The van der Waals surface area contributed by atoms with Crippen LogP contribution in [0.5, 0.6) is 0 Å². The van der Waals surface area contributed by atoms with E-state index >= 15 is 0 Å². The van der Waals surface area contributed by atoms with Gasteiger partial charge in [0.15, 0.2) is 6.29 Å². The number of aliphatic hydroxyl groups is 5.